The van der Waals surface area contributed by atoms with E-state index in [0.29, 0.717) is 24.5 Å². The molecule has 2 amide bonds. The molecular formula is C22H25N3O6S2. The SMILES string of the molecule is COCCCN1C(=O)C(CC(=O)Nc2ccc(OC)cc2)SC1=NS(=O)(=O)c1ccccc1. The van der Waals surface area contributed by atoms with Gasteiger partial charge in [-0.1, -0.05) is 30.0 Å². The number of methoxy groups -OCH3 is 2. The smallest absolute Gasteiger partial charge is 0.284 e. The second-order valence-corrected chi connectivity index (χ2v) is 9.86. The van der Waals surface area contributed by atoms with Crippen molar-refractivity contribution in [1.82, 2.24) is 4.90 Å². The number of benzene rings is 2. The molecule has 1 saturated heterocycles. The number of hydrogen-bond donors (Lipinski definition) is 1. The lowest BCUT2D eigenvalue weighted by atomic mass is 10.2. The number of thioether (sulfide) groups is 1. The molecule has 1 fully saturated rings. The Morgan fingerprint density at radius 3 is 2.45 bits per heavy atom. The number of ether oxygens (including phenoxy) is 2. The summed E-state index contributed by atoms with van der Waals surface area (Å²) in [7, 11) is -0.917. The zero-order chi connectivity index (χ0) is 23.8. The summed E-state index contributed by atoms with van der Waals surface area (Å²) >= 11 is 0.977. The lowest BCUT2D eigenvalue weighted by molar-refractivity contribution is -0.128. The second kappa shape index (κ2) is 11.3. The number of amides is 2. The fourth-order valence-electron chi connectivity index (χ4n) is 3.08. The highest BCUT2D eigenvalue weighted by atomic mass is 32.2. The first kappa shape index (κ1) is 24.7. The Balaban J connectivity index is 1.76. The summed E-state index contributed by atoms with van der Waals surface area (Å²) in [4.78, 5) is 26.9. The van der Waals surface area contributed by atoms with Crippen LogP contribution in [-0.2, 0) is 24.3 Å². The zero-order valence-corrected chi connectivity index (χ0v) is 19.9. The van der Waals surface area contributed by atoms with Crippen molar-refractivity contribution in [2.45, 2.75) is 23.0 Å². The molecule has 3 rings (SSSR count). The van der Waals surface area contributed by atoms with Gasteiger partial charge in [-0.25, -0.2) is 0 Å². The molecule has 1 atom stereocenters. The largest absolute Gasteiger partial charge is 0.497 e. The molecule has 0 radical (unpaired) electrons. The monoisotopic (exact) mass is 491 g/mol. The normalized spacial score (nSPS) is 17.4. The van der Waals surface area contributed by atoms with Crippen LogP contribution in [0.5, 0.6) is 5.75 Å². The van der Waals surface area contributed by atoms with Crippen LogP contribution in [0.4, 0.5) is 5.69 Å². The average Bonchev–Trinajstić information content (AvgIpc) is 3.08. The minimum Gasteiger partial charge on any atom is -0.497 e. The van der Waals surface area contributed by atoms with Crippen molar-refractivity contribution >= 4 is 44.5 Å². The highest BCUT2D eigenvalue weighted by molar-refractivity contribution is 8.16. The summed E-state index contributed by atoms with van der Waals surface area (Å²) in [6.45, 7) is 0.634. The zero-order valence-electron chi connectivity index (χ0n) is 18.3. The Bertz CT molecular complexity index is 1100. The van der Waals surface area contributed by atoms with Gasteiger partial charge in [0, 0.05) is 32.4 Å². The minimum absolute atomic E-state index is 0.0306. The van der Waals surface area contributed by atoms with Gasteiger partial charge >= 0.3 is 0 Å². The van der Waals surface area contributed by atoms with Crippen molar-refractivity contribution in [1.29, 1.82) is 0 Å². The quantitative estimate of drug-likeness (QED) is 0.508. The first-order chi connectivity index (χ1) is 15.8. The molecule has 0 bridgehead atoms. The Labute approximate surface area is 197 Å². The molecule has 0 aromatic heterocycles. The molecule has 1 heterocycles. The van der Waals surface area contributed by atoms with Crippen molar-refractivity contribution in [3.8, 4) is 5.75 Å². The van der Waals surface area contributed by atoms with Gasteiger partial charge in [0.05, 0.1) is 12.0 Å². The van der Waals surface area contributed by atoms with Crippen LogP contribution in [0.3, 0.4) is 0 Å². The molecular weight excluding hydrogens is 466 g/mol. The standard InChI is InChI=1S/C22H25N3O6S2/c1-30-14-6-13-25-21(27)19(15-20(26)23-16-9-11-17(31-2)12-10-16)32-22(25)24-33(28,29)18-7-4-3-5-8-18/h3-5,7-12,19H,6,13-15H2,1-2H3,(H,23,26). The van der Waals surface area contributed by atoms with Gasteiger partial charge in [0.15, 0.2) is 5.17 Å². The molecule has 1 aliphatic rings. The van der Waals surface area contributed by atoms with Gasteiger partial charge in [-0.3, -0.25) is 14.5 Å². The number of anilines is 1. The third-order valence-corrected chi connectivity index (χ3v) is 7.31. The fraction of sp³-hybridized carbons (Fsp3) is 0.318. The Morgan fingerprint density at radius 1 is 1.12 bits per heavy atom. The molecule has 1 unspecified atom stereocenters. The molecule has 9 nitrogen and oxygen atoms in total. The van der Waals surface area contributed by atoms with Crippen molar-refractivity contribution in [3.63, 3.8) is 0 Å². The molecule has 176 valence electrons. The van der Waals surface area contributed by atoms with E-state index in [1.165, 1.54) is 17.0 Å². The van der Waals surface area contributed by atoms with E-state index in [0.717, 1.165) is 11.8 Å². The number of amidine groups is 1. The van der Waals surface area contributed by atoms with Gasteiger partial charge in [0.2, 0.25) is 11.8 Å². The summed E-state index contributed by atoms with van der Waals surface area (Å²) in [5.74, 6) is -0.0697. The Morgan fingerprint density at radius 2 is 1.82 bits per heavy atom. The number of nitrogens with zero attached hydrogens (tertiary/aromatic N) is 2. The number of carbonyl (C=O) groups is 2. The van der Waals surface area contributed by atoms with E-state index in [1.807, 2.05) is 0 Å². The molecule has 0 aliphatic carbocycles. The number of sulfonamides is 1. The first-order valence-electron chi connectivity index (χ1n) is 10.1. The molecule has 0 saturated carbocycles. The van der Waals surface area contributed by atoms with E-state index in [9.17, 15) is 18.0 Å². The van der Waals surface area contributed by atoms with Crippen LogP contribution in [0.1, 0.15) is 12.8 Å². The van der Waals surface area contributed by atoms with Crippen LogP contribution >= 0.6 is 11.8 Å². The molecule has 33 heavy (non-hydrogen) atoms. The summed E-state index contributed by atoms with van der Waals surface area (Å²) in [5, 5.41) is 2.02. The van der Waals surface area contributed by atoms with E-state index < -0.39 is 15.3 Å². The Hall–Kier alpha value is -2.89. The van der Waals surface area contributed by atoms with Crippen molar-refractivity contribution < 1.29 is 27.5 Å². The summed E-state index contributed by atoms with van der Waals surface area (Å²) in [5.41, 5.74) is 0.564. The van der Waals surface area contributed by atoms with Gasteiger partial charge in [-0.05, 0) is 42.8 Å². The van der Waals surface area contributed by atoms with Crippen molar-refractivity contribution in [3.05, 3.63) is 54.6 Å². The van der Waals surface area contributed by atoms with Crippen LogP contribution < -0.4 is 10.1 Å². The molecule has 0 spiro atoms. The summed E-state index contributed by atoms with van der Waals surface area (Å²) in [6, 6.07) is 14.6. The number of rotatable bonds is 10. The summed E-state index contributed by atoms with van der Waals surface area (Å²) in [6.07, 6.45) is 0.374. The lowest BCUT2D eigenvalue weighted by Gasteiger charge is -2.16. The van der Waals surface area contributed by atoms with Crippen LogP contribution in [0.25, 0.3) is 0 Å². The molecule has 2 aromatic carbocycles. The Kier molecular flexibility index (Phi) is 8.48. The number of carbonyl (C=O) groups excluding carboxylic acids is 2. The van der Waals surface area contributed by atoms with Gasteiger partial charge in [-0.15, -0.1) is 4.40 Å². The maximum Gasteiger partial charge on any atom is 0.284 e. The molecule has 2 aromatic rings. The third kappa shape index (κ3) is 6.56. The van der Waals surface area contributed by atoms with Gasteiger partial charge in [0.25, 0.3) is 10.0 Å². The number of nitrogens with one attached hydrogen (secondary N) is 1. The van der Waals surface area contributed by atoms with Crippen LogP contribution in [-0.4, -0.2) is 62.9 Å². The average molecular weight is 492 g/mol. The van der Waals surface area contributed by atoms with Gasteiger partial charge in [-0.2, -0.15) is 8.42 Å². The number of hydrogen-bond acceptors (Lipinski definition) is 7. The third-order valence-electron chi connectivity index (χ3n) is 4.73. The van der Waals surface area contributed by atoms with Crippen LogP contribution in [0, 0.1) is 0 Å². The van der Waals surface area contributed by atoms with Crippen molar-refractivity contribution in [2.24, 2.45) is 4.40 Å². The van der Waals surface area contributed by atoms with Crippen LogP contribution in [0.2, 0.25) is 0 Å². The molecule has 1 aliphatic heterocycles. The first-order valence-corrected chi connectivity index (χ1v) is 12.5. The van der Waals surface area contributed by atoms with Gasteiger partial charge in [0.1, 0.15) is 11.0 Å². The highest BCUT2D eigenvalue weighted by Crippen LogP contribution is 2.31. The van der Waals surface area contributed by atoms with E-state index in [1.54, 1.807) is 56.7 Å². The highest BCUT2D eigenvalue weighted by Gasteiger charge is 2.40. The maximum absolute atomic E-state index is 13.0. The topological polar surface area (TPSA) is 114 Å². The van der Waals surface area contributed by atoms with E-state index in [2.05, 4.69) is 9.71 Å². The minimum atomic E-state index is -4.01. The van der Waals surface area contributed by atoms with Crippen LogP contribution in [0.15, 0.2) is 63.9 Å². The van der Waals surface area contributed by atoms with E-state index in [4.69, 9.17) is 9.47 Å². The van der Waals surface area contributed by atoms with Crippen molar-refractivity contribution in [2.75, 3.05) is 32.7 Å². The summed E-state index contributed by atoms with van der Waals surface area (Å²) < 4.78 is 39.5. The molecule has 1 N–H and O–H groups in total. The predicted octanol–water partition coefficient (Wildman–Crippen LogP) is 2.75. The molecule has 11 heteroatoms. The van der Waals surface area contributed by atoms with E-state index in [-0.39, 0.29) is 34.8 Å². The predicted molar refractivity (Wildman–Crippen MR) is 127 cm³/mol. The fourth-order valence-corrected chi connectivity index (χ4v) is 5.49. The second-order valence-electron chi connectivity index (χ2n) is 7.09. The van der Waals surface area contributed by atoms with E-state index >= 15 is 0 Å². The van der Waals surface area contributed by atoms with Gasteiger partial charge < -0.3 is 14.8 Å². The lowest BCUT2D eigenvalue weighted by Crippen LogP contribution is -2.35. The maximum atomic E-state index is 13.0.